The molecule has 1 aliphatic carbocycles. The van der Waals surface area contributed by atoms with E-state index in [0.717, 1.165) is 29.7 Å². The number of ether oxygens (including phenoxy) is 1. The van der Waals surface area contributed by atoms with E-state index in [4.69, 9.17) is 4.74 Å². The number of hydrogen-bond acceptors (Lipinski definition) is 3. The van der Waals surface area contributed by atoms with E-state index < -0.39 is 5.60 Å². The average molecular weight is 339 g/mol. The smallest absolute Gasteiger partial charge is 0.227 e. The lowest BCUT2D eigenvalue weighted by atomic mass is 9.79. The summed E-state index contributed by atoms with van der Waals surface area (Å²) in [6.45, 7) is 2.11. The summed E-state index contributed by atoms with van der Waals surface area (Å²) < 4.78 is 5.15. The molecule has 2 N–H and O–H groups in total. The van der Waals surface area contributed by atoms with Gasteiger partial charge in [0.2, 0.25) is 5.91 Å². The van der Waals surface area contributed by atoms with E-state index in [1.807, 2.05) is 49.4 Å². The minimum atomic E-state index is -0.982. The number of carbonyl (C=O) groups is 1. The summed E-state index contributed by atoms with van der Waals surface area (Å²) >= 11 is 0. The lowest BCUT2D eigenvalue weighted by Crippen LogP contribution is -2.44. The first-order chi connectivity index (χ1) is 12.0. The van der Waals surface area contributed by atoms with Crippen LogP contribution in [0.5, 0.6) is 5.75 Å². The number of fused-ring (bicyclic) bond motifs is 1. The number of aliphatic hydroxyl groups is 1. The molecule has 25 heavy (non-hydrogen) atoms. The summed E-state index contributed by atoms with van der Waals surface area (Å²) in [5, 5.41) is 14.0. The van der Waals surface area contributed by atoms with Gasteiger partial charge in [-0.1, -0.05) is 36.4 Å². The van der Waals surface area contributed by atoms with Crippen LogP contribution in [-0.2, 0) is 16.8 Å². The fourth-order valence-electron chi connectivity index (χ4n) is 3.51. The molecule has 1 amide bonds. The van der Waals surface area contributed by atoms with Gasteiger partial charge in [0.05, 0.1) is 19.6 Å². The second-order valence-electron chi connectivity index (χ2n) is 6.75. The van der Waals surface area contributed by atoms with Crippen molar-refractivity contribution < 1.29 is 14.6 Å². The third-order valence-corrected chi connectivity index (χ3v) is 5.12. The molecular weight excluding hydrogens is 314 g/mol. The Bertz CT molecular complexity index is 741. The number of rotatable bonds is 5. The third-order valence-electron chi connectivity index (χ3n) is 5.12. The zero-order valence-corrected chi connectivity index (χ0v) is 14.8. The predicted molar refractivity (Wildman–Crippen MR) is 97.7 cm³/mol. The van der Waals surface area contributed by atoms with Crippen molar-refractivity contribution in [2.45, 2.75) is 37.7 Å². The fourth-order valence-corrected chi connectivity index (χ4v) is 3.51. The van der Waals surface area contributed by atoms with Crippen LogP contribution in [0.2, 0.25) is 0 Å². The van der Waals surface area contributed by atoms with E-state index in [9.17, 15) is 9.90 Å². The van der Waals surface area contributed by atoms with Gasteiger partial charge in [-0.15, -0.1) is 0 Å². The highest BCUT2D eigenvalue weighted by atomic mass is 16.5. The minimum Gasteiger partial charge on any atom is -0.497 e. The number of aryl methyl sites for hydroxylation is 1. The summed E-state index contributed by atoms with van der Waals surface area (Å²) in [7, 11) is 1.62. The standard InChI is InChI=1S/C21H25NO3/c1-15(16-9-11-18(25-2)12-10-16)20(23)22-14-21(24)13-5-7-17-6-3-4-8-19(17)21/h3-4,6,8-12,15,24H,5,7,13-14H2,1-2H3,(H,22,23). The maximum atomic E-state index is 12.5. The second-order valence-corrected chi connectivity index (χ2v) is 6.75. The number of amides is 1. The molecule has 3 rings (SSSR count). The summed E-state index contributed by atoms with van der Waals surface area (Å²) in [5.74, 6) is 0.402. The molecule has 0 radical (unpaired) electrons. The van der Waals surface area contributed by atoms with Crippen LogP contribution in [0.4, 0.5) is 0 Å². The van der Waals surface area contributed by atoms with Crippen molar-refractivity contribution >= 4 is 5.91 Å². The van der Waals surface area contributed by atoms with Gasteiger partial charge in [0.25, 0.3) is 0 Å². The maximum Gasteiger partial charge on any atom is 0.227 e. The zero-order chi connectivity index (χ0) is 17.9. The fraction of sp³-hybridized carbons (Fsp3) is 0.381. The van der Waals surface area contributed by atoms with Gasteiger partial charge in [-0.05, 0) is 55.0 Å². The Labute approximate surface area is 148 Å². The molecular formula is C21H25NO3. The minimum absolute atomic E-state index is 0.0818. The normalized spacial score (nSPS) is 20.4. The Morgan fingerprint density at radius 3 is 2.68 bits per heavy atom. The van der Waals surface area contributed by atoms with Crippen LogP contribution >= 0.6 is 0 Å². The Morgan fingerprint density at radius 1 is 1.24 bits per heavy atom. The molecule has 0 saturated heterocycles. The van der Waals surface area contributed by atoms with Crippen molar-refractivity contribution in [2.24, 2.45) is 0 Å². The molecule has 0 bridgehead atoms. The molecule has 0 aliphatic heterocycles. The van der Waals surface area contributed by atoms with Gasteiger partial charge in [0.15, 0.2) is 0 Å². The molecule has 0 heterocycles. The van der Waals surface area contributed by atoms with Crippen LogP contribution in [0, 0.1) is 0 Å². The van der Waals surface area contributed by atoms with E-state index in [1.165, 1.54) is 5.56 Å². The van der Waals surface area contributed by atoms with E-state index >= 15 is 0 Å². The van der Waals surface area contributed by atoms with Crippen LogP contribution in [0.3, 0.4) is 0 Å². The van der Waals surface area contributed by atoms with Crippen LogP contribution in [0.25, 0.3) is 0 Å². The van der Waals surface area contributed by atoms with Gasteiger partial charge in [0.1, 0.15) is 11.4 Å². The Kier molecular flexibility index (Phi) is 5.09. The van der Waals surface area contributed by atoms with Gasteiger partial charge in [-0.25, -0.2) is 0 Å². The first-order valence-corrected chi connectivity index (χ1v) is 8.76. The topological polar surface area (TPSA) is 58.6 Å². The van der Waals surface area contributed by atoms with E-state index in [1.54, 1.807) is 7.11 Å². The Balaban J connectivity index is 1.67. The molecule has 2 unspecified atom stereocenters. The molecule has 0 aromatic heterocycles. The Morgan fingerprint density at radius 2 is 1.96 bits per heavy atom. The summed E-state index contributed by atoms with van der Waals surface area (Å²) in [6.07, 6.45) is 2.58. The largest absolute Gasteiger partial charge is 0.497 e. The first-order valence-electron chi connectivity index (χ1n) is 8.76. The lowest BCUT2D eigenvalue weighted by molar-refractivity contribution is -0.123. The van der Waals surface area contributed by atoms with Crippen molar-refractivity contribution in [1.29, 1.82) is 0 Å². The van der Waals surface area contributed by atoms with E-state index in [0.29, 0.717) is 6.42 Å². The molecule has 132 valence electrons. The van der Waals surface area contributed by atoms with Crippen molar-refractivity contribution in [2.75, 3.05) is 13.7 Å². The molecule has 1 aliphatic rings. The van der Waals surface area contributed by atoms with Crippen LogP contribution in [-0.4, -0.2) is 24.7 Å². The number of benzene rings is 2. The van der Waals surface area contributed by atoms with Crippen molar-refractivity contribution in [3.05, 3.63) is 65.2 Å². The number of nitrogens with one attached hydrogen (secondary N) is 1. The number of carbonyl (C=O) groups excluding carboxylic acids is 1. The highest BCUT2D eigenvalue weighted by Crippen LogP contribution is 2.34. The van der Waals surface area contributed by atoms with Crippen molar-refractivity contribution in [3.63, 3.8) is 0 Å². The lowest BCUT2D eigenvalue weighted by Gasteiger charge is -2.35. The van der Waals surface area contributed by atoms with Gasteiger partial charge < -0.3 is 15.2 Å². The average Bonchev–Trinajstić information content (AvgIpc) is 2.66. The number of methoxy groups -OCH3 is 1. The zero-order valence-electron chi connectivity index (χ0n) is 14.8. The molecule has 0 spiro atoms. The molecule has 2 aromatic rings. The monoisotopic (exact) mass is 339 g/mol. The highest BCUT2D eigenvalue weighted by molar-refractivity contribution is 5.83. The van der Waals surface area contributed by atoms with E-state index in [-0.39, 0.29) is 18.4 Å². The second kappa shape index (κ2) is 7.28. The molecule has 4 nitrogen and oxygen atoms in total. The van der Waals surface area contributed by atoms with Crippen LogP contribution in [0.15, 0.2) is 48.5 Å². The number of hydrogen-bond donors (Lipinski definition) is 2. The molecule has 0 fully saturated rings. The van der Waals surface area contributed by atoms with E-state index in [2.05, 4.69) is 11.4 Å². The maximum absolute atomic E-state index is 12.5. The van der Waals surface area contributed by atoms with Gasteiger partial charge in [0, 0.05) is 0 Å². The quantitative estimate of drug-likeness (QED) is 0.880. The van der Waals surface area contributed by atoms with Gasteiger partial charge in [-0.2, -0.15) is 0 Å². The molecule has 2 atom stereocenters. The molecule has 4 heteroatoms. The van der Waals surface area contributed by atoms with Gasteiger partial charge >= 0.3 is 0 Å². The summed E-state index contributed by atoms with van der Waals surface area (Å²) in [4.78, 5) is 12.5. The summed E-state index contributed by atoms with van der Waals surface area (Å²) in [5.41, 5.74) is 2.06. The molecule has 0 saturated carbocycles. The SMILES string of the molecule is COc1ccc(C(C)C(=O)NCC2(O)CCCc3ccccc32)cc1. The first kappa shape index (κ1) is 17.5. The Hall–Kier alpha value is -2.33. The van der Waals surface area contributed by atoms with Crippen molar-refractivity contribution in [1.82, 2.24) is 5.32 Å². The summed E-state index contributed by atoms with van der Waals surface area (Å²) in [6, 6.07) is 15.5. The van der Waals surface area contributed by atoms with Gasteiger partial charge in [-0.3, -0.25) is 4.79 Å². The van der Waals surface area contributed by atoms with Crippen LogP contribution in [0.1, 0.15) is 42.4 Å². The highest BCUT2D eigenvalue weighted by Gasteiger charge is 2.34. The van der Waals surface area contributed by atoms with Crippen LogP contribution < -0.4 is 10.1 Å². The molecule has 2 aromatic carbocycles. The van der Waals surface area contributed by atoms with Crippen molar-refractivity contribution in [3.8, 4) is 5.75 Å². The predicted octanol–water partition coefficient (Wildman–Crippen LogP) is 3.14. The third kappa shape index (κ3) is 3.69.